The van der Waals surface area contributed by atoms with E-state index >= 15 is 0 Å². The number of benzene rings is 1. The van der Waals surface area contributed by atoms with Crippen molar-refractivity contribution in [2.45, 2.75) is 38.1 Å². The minimum atomic E-state index is 0.0167. The summed E-state index contributed by atoms with van der Waals surface area (Å²) in [5.41, 5.74) is 2.34. The smallest absolute Gasteiger partial charge is 0.253 e. The molecule has 1 saturated carbocycles. The second-order valence-electron chi connectivity index (χ2n) is 9.19. The fraction of sp³-hybridized carbons (Fsp3) is 0.440. The summed E-state index contributed by atoms with van der Waals surface area (Å²) in [6, 6.07) is 7.83. The highest BCUT2D eigenvalue weighted by Gasteiger charge is 2.22. The van der Waals surface area contributed by atoms with E-state index in [9.17, 15) is 9.90 Å². The molecule has 2 N–H and O–H groups in total. The predicted octanol–water partition coefficient (Wildman–Crippen LogP) is 3.90. The van der Waals surface area contributed by atoms with Gasteiger partial charge in [0, 0.05) is 43.6 Å². The van der Waals surface area contributed by atoms with Gasteiger partial charge in [-0.1, -0.05) is 25.8 Å². The Kier molecular flexibility index (Phi) is 6.44. The summed E-state index contributed by atoms with van der Waals surface area (Å²) in [7, 11) is 0. The van der Waals surface area contributed by atoms with Crippen LogP contribution >= 0.6 is 0 Å². The molecule has 1 aliphatic heterocycles. The molecule has 1 amide bonds. The molecular formula is C25H31N7O2. The van der Waals surface area contributed by atoms with Crippen molar-refractivity contribution in [1.82, 2.24) is 29.5 Å². The van der Waals surface area contributed by atoms with Crippen LogP contribution in [0.5, 0.6) is 0 Å². The standard InChI is InChI=1S/C25H31N7O2/c1-18(33)17-30-11-13-31(14-12-30)24(34)19-7-9-21(10-8-19)28-25-26-15-20-16-27-32(23(20)29-25)22-5-3-2-4-6-22/h7-10,15-16,22,33H,1-6,11-14,17H2,(H,26,28,29). The number of aromatic nitrogens is 4. The summed E-state index contributed by atoms with van der Waals surface area (Å²) in [4.78, 5) is 26.0. The molecule has 0 unspecified atom stereocenters. The Morgan fingerprint density at radius 1 is 1.06 bits per heavy atom. The van der Waals surface area contributed by atoms with Crippen molar-refractivity contribution in [3.8, 4) is 0 Å². The van der Waals surface area contributed by atoms with Crippen LogP contribution in [0.1, 0.15) is 48.5 Å². The highest BCUT2D eigenvalue weighted by molar-refractivity contribution is 5.94. The first-order valence-electron chi connectivity index (χ1n) is 12.0. The Morgan fingerprint density at radius 3 is 2.50 bits per heavy atom. The van der Waals surface area contributed by atoms with E-state index in [-0.39, 0.29) is 11.7 Å². The molecule has 9 nitrogen and oxygen atoms in total. The van der Waals surface area contributed by atoms with E-state index in [4.69, 9.17) is 4.98 Å². The first kappa shape index (κ1) is 22.3. The lowest BCUT2D eigenvalue weighted by molar-refractivity contribution is 0.0637. The topological polar surface area (TPSA) is 99.4 Å². The van der Waals surface area contributed by atoms with Crippen LogP contribution in [-0.4, -0.2) is 73.3 Å². The van der Waals surface area contributed by atoms with Crippen molar-refractivity contribution < 1.29 is 9.90 Å². The lowest BCUT2D eigenvalue weighted by Crippen LogP contribution is -2.49. The molecule has 0 bridgehead atoms. The number of rotatable bonds is 6. The molecule has 0 atom stereocenters. The van der Waals surface area contributed by atoms with Crippen molar-refractivity contribution in [2.75, 3.05) is 38.0 Å². The Morgan fingerprint density at radius 2 is 1.79 bits per heavy atom. The zero-order valence-electron chi connectivity index (χ0n) is 19.4. The number of hydrogen-bond acceptors (Lipinski definition) is 7. The Hall–Kier alpha value is -3.46. The van der Waals surface area contributed by atoms with E-state index in [1.807, 2.05) is 35.4 Å². The minimum absolute atomic E-state index is 0.0167. The predicted molar refractivity (Wildman–Crippen MR) is 131 cm³/mol. The molecule has 1 aromatic carbocycles. The Balaban J connectivity index is 1.23. The van der Waals surface area contributed by atoms with Gasteiger partial charge in [0.05, 0.1) is 29.9 Å². The molecule has 0 radical (unpaired) electrons. The van der Waals surface area contributed by atoms with Gasteiger partial charge in [-0.25, -0.2) is 9.67 Å². The van der Waals surface area contributed by atoms with Crippen molar-refractivity contribution in [3.63, 3.8) is 0 Å². The number of aliphatic hydroxyl groups is 1. The third-order valence-corrected chi connectivity index (χ3v) is 6.71. The molecule has 0 spiro atoms. The van der Waals surface area contributed by atoms with Crippen LogP contribution in [0, 0.1) is 0 Å². The normalized spacial score (nSPS) is 17.7. The van der Waals surface area contributed by atoms with Crippen molar-refractivity contribution >= 4 is 28.6 Å². The molecule has 178 valence electrons. The highest BCUT2D eigenvalue weighted by Crippen LogP contribution is 2.30. The van der Waals surface area contributed by atoms with E-state index in [0.717, 1.165) is 42.7 Å². The number of hydrogen-bond donors (Lipinski definition) is 2. The number of piperazine rings is 1. The number of aliphatic hydroxyl groups excluding tert-OH is 1. The van der Waals surface area contributed by atoms with Gasteiger partial charge in [0.1, 0.15) is 0 Å². The quantitative estimate of drug-likeness (QED) is 0.537. The summed E-state index contributed by atoms with van der Waals surface area (Å²) in [5.74, 6) is 0.693. The number of carbonyl (C=O) groups is 1. The van der Waals surface area contributed by atoms with Gasteiger partial charge >= 0.3 is 0 Å². The van der Waals surface area contributed by atoms with Crippen LogP contribution in [0.15, 0.2) is 49.0 Å². The van der Waals surface area contributed by atoms with E-state index < -0.39 is 0 Å². The van der Waals surface area contributed by atoms with Crippen LogP contribution in [0.25, 0.3) is 11.0 Å². The van der Waals surface area contributed by atoms with E-state index in [1.165, 1.54) is 19.3 Å². The van der Waals surface area contributed by atoms with Crippen molar-refractivity contribution in [1.29, 1.82) is 0 Å². The molecule has 1 aliphatic carbocycles. The van der Waals surface area contributed by atoms with Gasteiger partial charge in [-0.3, -0.25) is 9.69 Å². The molecule has 34 heavy (non-hydrogen) atoms. The minimum Gasteiger partial charge on any atom is -0.512 e. The summed E-state index contributed by atoms with van der Waals surface area (Å²) < 4.78 is 2.05. The third-order valence-electron chi connectivity index (χ3n) is 6.71. The zero-order chi connectivity index (χ0) is 23.5. The van der Waals surface area contributed by atoms with E-state index in [1.54, 1.807) is 6.20 Å². The molecule has 3 heterocycles. The average Bonchev–Trinajstić information content (AvgIpc) is 3.28. The molecule has 9 heteroatoms. The molecule has 2 fully saturated rings. The number of anilines is 2. The van der Waals surface area contributed by atoms with Crippen LogP contribution in [0.4, 0.5) is 11.6 Å². The first-order valence-corrected chi connectivity index (χ1v) is 12.0. The SMILES string of the molecule is C=C(O)CN1CCN(C(=O)c2ccc(Nc3ncc4cnn(C5CCCCC5)c4n3)cc2)CC1. The molecule has 1 saturated heterocycles. The molecular weight excluding hydrogens is 430 g/mol. The fourth-order valence-electron chi connectivity index (χ4n) is 4.86. The fourth-order valence-corrected chi connectivity index (χ4v) is 4.86. The highest BCUT2D eigenvalue weighted by atomic mass is 16.3. The Bertz CT molecular complexity index is 1160. The van der Waals surface area contributed by atoms with Gasteiger partial charge < -0.3 is 15.3 Å². The summed E-state index contributed by atoms with van der Waals surface area (Å²) in [6.07, 6.45) is 9.71. The lowest BCUT2D eigenvalue weighted by atomic mass is 9.96. The summed E-state index contributed by atoms with van der Waals surface area (Å²) in [6.45, 7) is 6.71. The largest absolute Gasteiger partial charge is 0.512 e. The second-order valence-corrected chi connectivity index (χ2v) is 9.19. The molecule has 3 aromatic rings. The number of nitrogens with one attached hydrogen (secondary N) is 1. The number of nitrogens with zero attached hydrogens (tertiary/aromatic N) is 6. The monoisotopic (exact) mass is 461 g/mol. The van der Waals surface area contributed by atoms with Crippen molar-refractivity contribution in [2.24, 2.45) is 0 Å². The molecule has 5 rings (SSSR count). The average molecular weight is 462 g/mol. The maximum Gasteiger partial charge on any atom is 0.253 e. The third kappa shape index (κ3) is 4.89. The molecule has 2 aromatic heterocycles. The van der Waals surface area contributed by atoms with Gasteiger partial charge in [0.25, 0.3) is 5.91 Å². The maximum absolute atomic E-state index is 12.9. The van der Waals surface area contributed by atoms with Crippen LogP contribution in [0.3, 0.4) is 0 Å². The first-order chi connectivity index (χ1) is 16.6. The Labute approximate surface area is 199 Å². The zero-order valence-corrected chi connectivity index (χ0v) is 19.4. The van der Waals surface area contributed by atoms with Crippen LogP contribution in [-0.2, 0) is 0 Å². The van der Waals surface area contributed by atoms with Gasteiger partial charge in [-0.2, -0.15) is 10.1 Å². The van der Waals surface area contributed by atoms with Crippen LogP contribution < -0.4 is 5.32 Å². The van der Waals surface area contributed by atoms with Crippen molar-refractivity contribution in [3.05, 3.63) is 54.6 Å². The lowest BCUT2D eigenvalue weighted by Gasteiger charge is -2.34. The van der Waals surface area contributed by atoms with Crippen LogP contribution in [0.2, 0.25) is 0 Å². The summed E-state index contributed by atoms with van der Waals surface area (Å²) in [5, 5.41) is 18.2. The van der Waals surface area contributed by atoms with Gasteiger partial charge in [-0.05, 0) is 37.1 Å². The van der Waals surface area contributed by atoms with E-state index in [2.05, 4.69) is 31.6 Å². The number of fused-ring (bicyclic) bond motifs is 1. The van der Waals surface area contributed by atoms with Gasteiger partial charge in [0.2, 0.25) is 5.95 Å². The second kappa shape index (κ2) is 9.80. The van der Waals surface area contributed by atoms with E-state index in [0.29, 0.717) is 37.2 Å². The van der Waals surface area contributed by atoms with Gasteiger partial charge in [-0.15, -0.1) is 0 Å². The maximum atomic E-state index is 12.9. The number of amides is 1. The number of carbonyl (C=O) groups excluding carboxylic acids is 1. The summed E-state index contributed by atoms with van der Waals surface area (Å²) >= 11 is 0. The molecule has 2 aliphatic rings. The van der Waals surface area contributed by atoms with Gasteiger partial charge in [0.15, 0.2) is 5.65 Å².